The lowest BCUT2D eigenvalue weighted by Crippen LogP contribution is -2.52. The van der Waals surface area contributed by atoms with Crippen molar-refractivity contribution in [1.29, 1.82) is 0 Å². The zero-order chi connectivity index (χ0) is 17.6. The number of hydrogen-bond donors (Lipinski definition) is 1. The highest BCUT2D eigenvalue weighted by molar-refractivity contribution is 5.74. The summed E-state index contributed by atoms with van der Waals surface area (Å²) in [6.07, 6.45) is 0.433. The van der Waals surface area contributed by atoms with Crippen LogP contribution in [-0.4, -0.2) is 60.1 Å². The summed E-state index contributed by atoms with van der Waals surface area (Å²) in [5.74, 6) is 0.689. The molecule has 0 spiro atoms. The number of rotatable bonds is 6. The van der Waals surface area contributed by atoms with Crippen molar-refractivity contribution in [3.05, 3.63) is 60.2 Å². The fraction of sp³-hybridized carbons (Fsp3) is 0.350. The van der Waals surface area contributed by atoms with Crippen molar-refractivity contribution in [2.75, 3.05) is 33.2 Å². The molecular formula is C20H24N2O3. The zero-order valence-electron chi connectivity index (χ0n) is 14.5. The van der Waals surface area contributed by atoms with Crippen molar-refractivity contribution >= 4 is 5.97 Å². The van der Waals surface area contributed by atoms with Gasteiger partial charge >= 0.3 is 5.97 Å². The first kappa shape index (κ1) is 17.5. The van der Waals surface area contributed by atoms with E-state index in [1.165, 1.54) is 0 Å². The third kappa shape index (κ3) is 4.59. The molecule has 5 heteroatoms. The van der Waals surface area contributed by atoms with E-state index in [0.717, 1.165) is 37.5 Å². The molecule has 1 unspecified atom stereocenters. The number of carboxylic acid groups (broad SMARTS) is 1. The molecule has 0 amide bonds. The number of ether oxygens (including phenoxy) is 1. The Labute approximate surface area is 148 Å². The van der Waals surface area contributed by atoms with E-state index in [9.17, 15) is 9.90 Å². The molecule has 5 nitrogen and oxygen atoms in total. The van der Waals surface area contributed by atoms with E-state index in [0.29, 0.717) is 12.2 Å². The Balaban J connectivity index is 1.77. The van der Waals surface area contributed by atoms with Gasteiger partial charge in [-0.05, 0) is 30.8 Å². The number of likely N-dealkylation sites (N-methyl/N-ethyl adjacent to an activating group) is 1. The Kier molecular flexibility index (Phi) is 5.68. The van der Waals surface area contributed by atoms with Crippen molar-refractivity contribution in [3.8, 4) is 11.5 Å². The zero-order valence-corrected chi connectivity index (χ0v) is 14.5. The van der Waals surface area contributed by atoms with E-state index in [2.05, 4.69) is 16.8 Å². The molecule has 2 aromatic carbocycles. The van der Waals surface area contributed by atoms with Crippen LogP contribution in [0.1, 0.15) is 5.56 Å². The van der Waals surface area contributed by atoms with Gasteiger partial charge in [0.1, 0.15) is 17.5 Å². The molecule has 1 aliphatic heterocycles. The van der Waals surface area contributed by atoms with E-state index in [1.807, 2.05) is 54.6 Å². The number of benzene rings is 2. The minimum absolute atomic E-state index is 0.433. The predicted octanol–water partition coefficient (Wildman–Crippen LogP) is 2.72. The Morgan fingerprint density at radius 3 is 2.36 bits per heavy atom. The lowest BCUT2D eigenvalue weighted by atomic mass is 10.0. The summed E-state index contributed by atoms with van der Waals surface area (Å²) in [4.78, 5) is 16.1. The second-order valence-electron chi connectivity index (χ2n) is 6.42. The highest BCUT2D eigenvalue weighted by Gasteiger charge is 2.29. The largest absolute Gasteiger partial charge is 0.480 e. The summed E-state index contributed by atoms with van der Waals surface area (Å²) in [6.45, 7) is 3.34. The minimum atomic E-state index is -0.779. The second-order valence-corrected chi connectivity index (χ2v) is 6.42. The Hall–Kier alpha value is -2.37. The molecule has 1 heterocycles. The molecule has 1 fully saturated rings. The van der Waals surface area contributed by atoms with Crippen LogP contribution >= 0.6 is 0 Å². The van der Waals surface area contributed by atoms with E-state index in [1.54, 1.807) is 0 Å². The first-order valence-corrected chi connectivity index (χ1v) is 8.59. The number of nitrogens with zero attached hydrogens (tertiary/aromatic N) is 2. The van der Waals surface area contributed by atoms with E-state index >= 15 is 0 Å². The van der Waals surface area contributed by atoms with Crippen molar-refractivity contribution in [3.63, 3.8) is 0 Å². The fourth-order valence-electron chi connectivity index (χ4n) is 3.10. The van der Waals surface area contributed by atoms with Gasteiger partial charge in [0, 0.05) is 32.6 Å². The van der Waals surface area contributed by atoms with Gasteiger partial charge in [0.2, 0.25) is 0 Å². The van der Waals surface area contributed by atoms with Crippen LogP contribution in [0.4, 0.5) is 0 Å². The maximum absolute atomic E-state index is 11.9. The molecule has 0 bridgehead atoms. The molecule has 3 rings (SSSR count). The van der Waals surface area contributed by atoms with Gasteiger partial charge in [0.15, 0.2) is 0 Å². The van der Waals surface area contributed by atoms with Crippen LogP contribution in [-0.2, 0) is 11.2 Å². The first-order chi connectivity index (χ1) is 12.1. The molecule has 1 atom stereocenters. The average molecular weight is 340 g/mol. The molecular weight excluding hydrogens is 316 g/mol. The molecule has 1 saturated heterocycles. The molecule has 0 radical (unpaired) electrons. The summed E-state index contributed by atoms with van der Waals surface area (Å²) in [5.41, 5.74) is 0.915. The summed E-state index contributed by atoms with van der Waals surface area (Å²) in [7, 11) is 2.07. The van der Waals surface area contributed by atoms with Crippen molar-refractivity contribution in [2.24, 2.45) is 0 Å². The Morgan fingerprint density at radius 1 is 1.04 bits per heavy atom. The maximum Gasteiger partial charge on any atom is 0.321 e. The predicted molar refractivity (Wildman–Crippen MR) is 97.2 cm³/mol. The van der Waals surface area contributed by atoms with Crippen molar-refractivity contribution < 1.29 is 14.6 Å². The monoisotopic (exact) mass is 340 g/mol. The van der Waals surface area contributed by atoms with Gasteiger partial charge in [-0.15, -0.1) is 0 Å². The van der Waals surface area contributed by atoms with Gasteiger partial charge in [-0.2, -0.15) is 0 Å². The van der Waals surface area contributed by atoms with Crippen LogP contribution in [0.5, 0.6) is 11.5 Å². The lowest BCUT2D eigenvalue weighted by Gasteiger charge is -2.36. The van der Waals surface area contributed by atoms with Crippen molar-refractivity contribution in [2.45, 2.75) is 12.5 Å². The lowest BCUT2D eigenvalue weighted by molar-refractivity contribution is -0.144. The first-order valence-electron chi connectivity index (χ1n) is 8.59. The van der Waals surface area contributed by atoms with E-state index < -0.39 is 12.0 Å². The number of carbonyl (C=O) groups is 1. The number of hydrogen-bond acceptors (Lipinski definition) is 4. The van der Waals surface area contributed by atoms with Gasteiger partial charge in [-0.3, -0.25) is 9.69 Å². The summed E-state index contributed by atoms with van der Waals surface area (Å²) < 4.78 is 5.97. The quantitative estimate of drug-likeness (QED) is 0.876. The van der Waals surface area contributed by atoms with Crippen LogP contribution in [0.15, 0.2) is 54.6 Å². The number of aliphatic carboxylic acids is 1. The van der Waals surface area contributed by atoms with Gasteiger partial charge in [-0.1, -0.05) is 36.4 Å². The number of para-hydroxylation sites is 2. The average Bonchev–Trinajstić information content (AvgIpc) is 2.62. The molecule has 25 heavy (non-hydrogen) atoms. The topological polar surface area (TPSA) is 53.0 Å². The smallest absolute Gasteiger partial charge is 0.321 e. The van der Waals surface area contributed by atoms with Crippen LogP contribution in [0, 0.1) is 0 Å². The number of piperazine rings is 1. The van der Waals surface area contributed by atoms with Crippen LogP contribution in [0.25, 0.3) is 0 Å². The molecule has 0 aromatic heterocycles. The normalized spacial score (nSPS) is 17.2. The Bertz CT molecular complexity index is 697. The van der Waals surface area contributed by atoms with Gasteiger partial charge in [-0.25, -0.2) is 0 Å². The summed E-state index contributed by atoms with van der Waals surface area (Å²) >= 11 is 0. The third-order valence-electron chi connectivity index (χ3n) is 4.62. The molecule has 1 aliphatic rings. The SMILES string of the molecule is CN1CCN(C(Cc2ccccc2Oc2ccccc2)C(=O)O)CC1. The highest BCUT2D eigenvalue weighted by Crippen LogP contribution is 2.27. The molecule has 1 N–H and O–H groups in total. The standard InChI is InChI=1S/C20H24N2O3/c1-21-11-13-22(14-12-21)18(20(23)24)15-16-7-5-6-10-19(16)25-17-8-3-2-4-9-17/h2-10,18H,11-15H2,1H3,(H,23,24). The summed E-state index contributed by atoms with van der Waals surface area (Å²) in [6, 6.07) is 16.7. The van der Waals surface area contributed by atoms with Gasteiger partial charge in [0.25, 0.3) is 0 Å². The molecule has 0 aliphatic carbocycles. The Morgan fingerprint density at radius 2 is 1.68 bits per heavy atom. The van der Waals surface area contributed by atoms with Crippen LogP contribution < -0.4 is 4.74 Å². The summed E-state index contributed by atoms with van der Waals surface area (Å²) in [5, 5.41) is 9.74. The maximum atomic E-state index is 11.9. The van der Waals surface area contributed by atoms with Crippen molar-refractivity contribution in [1.82, 2.24) is 9.80 Å². The molecule has 0 saturated carbocycles. The fourth-order valence-corrected chi connectivity index (χ4v) is 3.10. The van der Waals surface area contributed by atoms with Gasteiger partial charge < -0.3 is 14.7 Å². The number of carboxylic acids is 1. The highest BCUT2D eigenvalue weighted by atomic mass is 16.5. The van der Waals surface area contributed by atoms with E-state index in [4.69, 9.17) is 4.74 Å². The second kappa shape index (κ2) is 8.14. The van der Waals surface area contributed by atoms with E-state index in [-0.39, 0.29) is 0 Å². The molecule has 132 valence electrons. The van der Waals surface area contributed by atoms with Crippen LogP contribution in [0.2, 0.25) is 0 Å². The molecule has 2 aromatic rings. The van der Waals surface area contributed by atoms with Gasteiger partial charge in [0.05, 0.1) is 0 Å². The van der Waals surface area contributed by atoms with Crippen LogP contribution in [0.3, 0.4) is 0 Å². The third-order valence-corrected chi connectivity index (χ3v) is 4.62. The minimum Gasteiger partial charge on any atom is -0.480 e.